The molecule has 0 bridgehead atoms. The quantitative estimate of drug-likeness (QED) is 0.885. The summed E-state index contributed by atoms with van der Waals surface area (Å²) in [6, 6.07) is 0. The Hall–Kier alpha value is -1.05. The van der Waals surface area contributed by atoms with Crippen LogP contribution in [0.1, 0.15) is 31.6 Å². The van der Waals surface area contributed by atoms with E-state index in [1.54, 1.807) is 23.0 Å². The van der Waals surface area contributed by atoms with Crippen LogP contribution >= 0.6 is 11.3 Å². The molecule has 18 heavy (non-hydrogen) atoms. The molecule has 0 aliphatic heterocycles. The lowest BCUT2D eigenvalue weighted by Crippen LogP contribution is -2.37. The average Bonchev–Trinajstić information content (AvgIpc) is 2.79. The lowest BCUT2D eigenvalue weighted by molar-refractivity contribution is 0.176. The molecule has 100 valence electrons. The Morgan fingerprint density at radius 2 is 2.11 bits per heavy atom. The van der Waals surface area contributed by atoms with E-state index in [1.165, 1.54) is 0 Å². The second-order valence-corrected chi connectivity index (χ2v) is 6.21. The smallest absolute Gasteiger partial charge is 0.234 e. The van der Waals surface area contributed by atoms with E-state index < -0.39 is 0 Å². The molecule has 2 aromatic heterocycles. The third-order valence-corrected chi connectivity index (χ3v) is 3.32. The summed E-state index contributed by atoms with van der Waals surface area (Å²) in [4.78, 5) is 0.827. The number of nitrogens with one attached hydrogen (secondary N) is 1. The van der Waals surface area contributed by atoms with Crippen LogP contribution in [0.5, 0.6) is 0 Å². The van der Waals surface area contributed by atoms with E-state index in [-0.39, 0.29) is 5.54 Å². The van der Waals surface area contributed by atoms with Crippen molar-refractivity contribution in [3.8, 4) is 0 Å². The Kier molecular flexibility index (Phi) is 3.94. The summed E-state index contributed by atoms with van der Waals surface area (Å²) in [6.45, 7) is 7.81. The minimum atomic E-state index is 0.139. The molecule has 2 heterocycles. The van der Waals surface area contributed by atoms with Crippen LogP contribution in [0, 0.1) is 0 Å². The van der Waals surface area contributed by atoms with Crippen molar-refractivity contribution in [1.82, 2.24) is 25.1 Å². The summed E-state index contributed by atoms with van der Waals surface area (Å²) in [6.07, 6.45) is 0.901. The monoisotopic (exact) mass is 269 g/mol. The van der Waals surface area contributed by atoms with Gasteiger partial charge >= 0.3 is 0 Å². The molecule has 0 unspecified atom stereocenters. The van der Waals surface area contributed by atoms with Crippen molar-refractivity contribution in [2.45, 2.75) is 39.3 Å². The van der Waals surface area contributed by atoms with Crippen molar-refractivity contribution in [2.24, 2.45) is 0 Å². The molecule has 0 saturated heterocycles. The molecule has 7 heteroatoms. The van der Waals surface area contributed by atoms with E-state index in [2.05, 4.69) is 41.4 Å². The average molecular weight is 269 g/mol. The molecular formula is C11H19N5OS. The van der Waals surface area contributed by atoms with Crippen LogP contribution in [0.15, 0.2) is 0 Å². The first-order valence-corrected chi connectivity index (χ1v) is 6.75. The van der Waals surface area contributed by atoms with Gasteiger partial charge in [0.25, 0.3) is 0 Å². The Balaban J connectivity index is 2.02. The maximum Gasteiger partial charge on any atom is 0.234 e. The van der Waals surface area contributed by atoms with Gasteiger partial charge < -0.3 is 10.1 Å². The molecule has 0 aliphatic carbocycles. The maximum atomic E-state index is 5.06. The van der Waals surface area contributed by atoms with Gasteiger partial charge in [0, 0.05) is 25.6 Å². The normalized spacial score (nSPS) is 12.4. The van der Waals surface area contributed by atoms with Crippen LogP contribution in [0.4, 0.5) is 0 Å². The molecule has 1 N–H and O–H groups in total. The highest BCUT2D eigenvalue weighted by Crippen LogP contribution is 2.14. The second-order valence-electron chi connectivity index (χ2n) is 5.17. The molecular weight excluding hydrogens is 250 g/mol. The van der Waals surface area contributed by atoms with Crippen molar-refractivity contribution >= 4 is 16.3 Å². The number of fused-ring (bicyclic) bond motifs is 1. The predicted molar refractivity (Wildman–Crippen MR) is 70.8 cm³/mol. The van der Waals surface area contributed by atoms with E-state index >= 15 is 0 Å². The van der Waals surface area contributed by atoms with Crippen LogP contribution in [0.25, 0.3) is 4.96 Å². The van der Waals surface area contributed by atoms with Crippen molar-refractivity contribution in [2.75, 3.05) is 13.7 Å². The molecule has 0 amide bonds. The van der Waals surface area contributed by atoms with E-state index in [9.17, 15) is 0 Å². The topological polar surface area (TPSA) is 64.3 Å². The Bertz CT molecular complexity index is 513. The molecule has 0 atom stereocenters. The minimum Gasteiger partial charge on any atom is -0.377 e. The lowest BCUT2D eigenvalue weighted by Gasteiger charge is -2.19. The Labute approximate surface area is 110 Å². The fourth-order valence-corrected chi connectivity index (χ4v) is 2.41. The molecule has 0 radical (unpaired) electrons. The minimum absolute atomic E-state index is 0.139. The molecule has 2 rings (SSSR count). The predicted octanol–water partition coefficient (Wildman–Crippen LogP) is 1.26. The van der Waals surface area contributed by atoms with E-state index in [0.717, 1.165) is 28.8 Å². The van der Waals surface area contributed by atoms with Gasteiger partial charge in [-0.05, 0) is 20.8 Å². The highest BCUT2D eigenvalue weighted by molar-refractivity contribution is 7.16. The van der Waals surface area contributed by atoms with Gasteiger partial charge in [0.15, 0.2) is 5.82 Å². The van der Waals surface area contributed by atoms with E-state index in [4.69, 9.17) is 4.74 Å². The number of ether oxygens (including phenoxy) is 1. The van der Waals surface area contributed by atoms with Gasteiger partial charge in [0.05, 0.1) is 0 Å². The van der Waals surface area contributed by atoms with Crippen LogP contribution in [0.3, 0.4) is 0 Å². The van der Waals surface area contributed by atoms with Gasteiger partial charge in [-0.25, -0.2) is 0 Å². The van der Waals surface area contributed by atoms with Gasteiger partial charge in [-0.2, -0.15) is 9.61 Å². The van der Waals surface area contributed by atoms with Crippen LogP contribution in [-0.2, 0) is 17.8 Å². The molecule has 0 spiro atoms. The zero-order valence-corrected chi connectivity index (χ0v) is 12.0. The summed E-state index contributed by atoms with van der Waals surface area (Å²) < 4.78 is 6.82. The van der Waals surface area contributed by atoms with Gasteiger partial charge in [-0.1, -0.05) is 11.3 Å². The van der Waals surface area contributed by atoms with Crippen LogP contribution in [0.2, 0.25) is 0 Å². The molecule has 6 nitrogen and oxygen atoms in total. The first kappa shape index (κ1) is 13.4. The third kappa shape index (κ3) is 3.24. The van der Waals surface area contributed by atoms with Crippen molar-refractivity contribution in [3.05, 3.63) is 10.8 Å². The fraction of sp³-hybridized carbons (Fsp3) is 0.727. The van der Waals surface area contributed by atoms with E-state index in [0.29, 0.717) is 6.61 Å². The largest absolute Gasteiger partial charge is 0.377 e. The summed E-state index contributed by atoms with van der Waals surface area (Å²) in [5.74, 6) is 0.749. The summed E-state index contributed by atoms with van der Waals surface area (Å²) in [5, 5.41) is 17.1. The first-order valence-electron chi connectivity index (χ1n) is 5.93. The van der Waals surface area contributed by atoms with Crippen LogP contribution < -0.4 is 5.32 Å². The number of hydrogen-bond donors (Lipinski definition) is 1. The Morgan fingerprint density at radius 1 is 1.33 bits per heavy atom. The SMILES string of the molecule is COCc1nnc2sc(CCNC(C)(C)C)nn12. The number of rotatable bonds is 5. The van der Waals surface area contributed by atoms with Crippen LogP contribution in [-0.4, -0.2) is 39.0 Å². The molecule has 2 aromatic rings. The number of methoxy groups -OCH3 is 1. The van der Waals surface area contributed by atoms with Crippen molar-refractivity contribution in [1.29, 1.82) is 0 Å². The first-order chi connectivity index (χ1) is 8.49. The zero-order valence-electron chi connectivity index (χ0n) is 11.2. The summed E-state index contributed by atoms with van der Waals surface area (Å²) in [7, 11) is 1.64. The number of nitrogens with zero attached hydrogens (tertiary/aromatic N) is 4. The molecule has 0 aliphatic rings. The highest BCUT2D eigenvalue weighted by atomic mass is 32.1. The second kappa shape index (κ2) is 5.29. The summed E-state index contributed by atoms with van der Waals surface area (Å²) >= 11 is 1.58. The number of hydrogen-bond acceptors (Lipinski definition) is 6. The summed E-state index contributed by atoms with van der Waals surface area (Å²) in [5.41, 5.74) is 0.139. The Morgan fingerprint density at radius 3 is 2.78 bits per heavy atom. The molecule has 0 aromatic carbocycles. The van der Waals surface area contributed by atoms with Crippen molar-refractivity contribution in [3.63, 3.8) is 0 Å². The van der Waals surface area contributed by atoms with Gasteiger partial charge in [-0.3, -0.25) is 0 Å². The molecule has 0 fully saturated rings. The highest BCUT2D eigenvalue weighted by Gasteiger charge is 2.12. The van der Waals surface area contributed by atoms with Crippen molar-refractivity contribution < 1.29 is 4.74 Å². The fourth-order valence-electron chi connectivity index (χ4n) is 1.56. The van der Waals surface area contributed by atoms with Gasteiger partial charge in [-0.15, -0.1) is 10.2 Å². The van der Waals surface area contributed by atoms with Gasteiger partial charge in [0.2, 0.25) is 4.96 Å². The maximum absolute atomic E-state index is 5.06. The third-order valence-electron chi connectivity index (χ3n) is 2.36. The number of aromatic nitrogens is 4. The van der Waals surface area contributed by atoms with E-state index in [1.807, 2.05) is 0 Å². The zero-order chi connectivity index (χ0) is 13.2. The van der Waals surface area contributed by atoms with Gasteiger partial charge in [0.1, 0.15) is 11.6 Å². The molecule has 0 saturated carbocycles. The standard InChI is InChI=1S/C11H19N5OS/c1-11(2,3)12-6-5-9-15-16-8(7-17-4)13-14-10(16)18-9/h12H,5-7H2,1-4H3. The lowest BCUT2D eigenvalue weighted by atomic mass is 10.1.